The number of rotatable bonds is 18. The Morgan fingerprint density at radius 2 is 0.297 bits per heavy atom. The molecule has 40 heteroatoms. The second-order valence-corrected chi connectivity index (χ2v) is 23.2. The summed E-state index contributed by atoms with van der Waals surface area (Å²) in [6.07, 6.45) is -25.1. The van der Waals surface area contributed by atoms with E-state index in [4.69, 9.17) is 0 Å². The van der Waals surface area contributed by atoms with Gasteiger partial charge in [0.25, 0.3) is 0 Å². The summed E-state index contributed by atoms with van der Waals surface area (Å²) in [7, 11) is 0. The molecule has 0 aromatic rings. The molecule has 0 aliphatic carbocycles. The molecule has 0 spiro atoms. The molecule has 0 rings (SSSR count). The van der Waals surface area contributed by atoms with Crippen molar-refractivity contribution in [1.82, 2.24) is 0 Å². The Balaban J connectivity index is 8.80. The van der Waals surface area contributed by atoms with E-state index in [-0.39, 0.29) is 0 Å². The van der Waals surface area contributed by atoms with E-state index in [1.54, 1.807) is 0 Å². The SMILES string of the molecule is C[CH]([Sn]([CH](C)C(F)(F)C(F)(F)C(F)(F)C(F)(F)C(F)(F)C(F)(F)F)[CH](C)C(F)(F)C(F)(F)C(F)(F)C(F)(F)C(F)(F)C(F)(F)F)C(F)(F)C(F)(F)C(F)(F)C(F)(F)C(F)(F)C(F)(F)F. The maximum absolute atomic E-state index is 15.2. The molecule has 0 N–H and O–H groups in total. The first-order valence-corrected chi connectivity index (χ1v) is 19.5. The van der Waals surface area contributed by atoms with Crippen LogP contribution in [0.4, 0.5) is 171 Å². The van der Waals surface area contributed by atoms with Crippen LogP contribution in [0.2, 0.25) is 11.8 Å². The normalized spacial score (nSPS) is 18.4. The van der Waals surface area contributed by atoms with Gasteiger partial charge < -0.3 is 0 Å². The van der Waals surface area contributed by atoms with E-state index in [1.165, 1.54) is 0 Å². The van der Waals surface area contributed by atoms with Gasteiger partial charge in [0.05, 0.1) is 0 Å². The molecule has 385 valence electrons. The Kier molecular flexibility index (Phi) is 15.3. The van der Waals surface area contributed by atoms with Crippen molar-refractivity contribution in [2.75, 3.05) is 0 Å². The maximum atomic E-state index is 15.2. The number of halogens is 39. The van der Waals surface area contributed by atoms with E-state index in [1.807, 2.05) is 0 Å². The summed E-state index contributed by atoms with van der Waals surface area (Å²) in [6, 6.07) is 0. The zero-order valence-electron chi connectivity index (χ0n) is 29.0. The molecular weight excluding hydrogens is 1150 g/mol. The van der Waals surface area contributed by atoms with Crippen molar-refractivity contribution in [3.63, 3.8) is 0 Å². The summed E-state index contributed by atoms with van der Waals surface area (Å²) >= 11 is -9.38. The Hall–Kier alpha value is -1.93. The van der Waals surface area contributed by atoms with Gasteiger partial charge in [-0.2, -0.15) is 0 Å². The molecule has 1 radical (unpaired) electrons. The van der Waals surface area contributed by atoms with Crippen LogP contribution in [0.15, 0.2) is 0 Å². The summed E-state index contributed by atoms with van der Waals surface area (Å²) in [6.45, 7) is -5.32. The molecule has 0 amide bonds. The van der Waals surface area contributed by atoms with E-state index in [2.05, 4.69) is 0 Å². The second kappa shape index (κ2) is 15.8. The van der Waals surface area contributed by atoms with Gasteiger partial charge in [0.2, 0.25) is 0 Å². The van der Waals surface area contributed by atoms with Gasteiger partial charge in [0.1, 0.15) is 0 Å². The minimum atomic E-state index is -9.38. The predicted octanol–water partition coefficient (Wildman–Crippen LogP) is 14.9. The third-order valence-corrected chi connectivity index (χ3v) is 20.7. The molecule has 64 heavy (non-hydrogen) atoms. The van der Waals surface area contributed by atoms with E-state index in [0.717, 1.165) is 0 Å². The first-order valence-electron chi connectivity index (χ1n) is 14.6. The Bertz CT molecular complexity index is 1450. The van der Waals surface area contributed by atoms with E-state index in [9.17, 15) is 145 Å². The second-order valence-electron chi connectivity index (χ2n) is 12.9. The zero-order valence-corrected chi connectivity index (χ0v) is 31.8. The molecule has 0 aliphatic rings. The number of hydrogen-bond donors (Lipinski definition) is 0. The Morgan fingerprint density at radius 1 is 0.188 bits per heavy atom. The van der Waals surface area contributed by atoms with Crippen LogP contribution >= 0.6 is 0 Å². The van der Waals surface area contributed by atoms with Crippen molar-refractivity contribution < 1.29 is 171 Å². The van der Waals surface area contributed by atoms with Gasteiger partial charge in [-0.3, -0.25) is 0 Å². The average molecular weight is 1160 g/mol. The fourth-order valence-corrected chi connectivity index (χ4v) is 16.5. The van der Waals surface area contributed by atoms with Crippen LogP contribution < -0.4 is 0 Å². The third-order valence-electron chi connectivity index (χ3n) is 9.00. The standard InChI is InChI=1S/3C8H4F13.Sn/c3*1-2-3(9,10)4(11,12)5(13,14)6(15,16)7(17,18)8(19,20)21;/h3*2H,1H3;. The molecule has 3 unspecified atom stereocenters. The summed E-state index contributed by atoms with van der Waals surface area (Å²) in [5.74, 6) is -135. The molecule has 0 aromatic carbocycles. The van der Waals surface area contributed by atoms with Gasteiger partial charge in [0.15, 0.2) is 0 Å². The van der Waals surface area contributed by atoms with Crippen molar-refractivity contribution in [3.8, 4) is 0 Å². The molecule has 0 fully saturated rings. The van der Waals surface area contributed by atoms with Crippen molar-refractivity contribution in [2.24, 2.45) is 0 Å². The summed E-state index contributed by atoms with van der Waals surface area (Å²) in [4.78, 5) is 0. The van der Waals surface area contributed by atoms with Crippen LogP contribution in [0.1, 0.15) is 20.8 Å². The van der Waals surface area contributed by atoms with Crippen molar-refractivity contribution in [1.29, 1.82) is 0 Å². The van der Waals surface area contributed by atoms with Crippen LogP contribution in [0.5, 0.6) is 0 Å². The molecule has 0 heterocycles. The van der Waals surface area contributed by atoms with Crippen LogP contribution in [0.25, 0.3) is 0 Å². The Morgan fingerprint density at radius 3 is 0.406 bits per heavy atom. The molecule has 0 aliphatic heterocycles. The van der Waals surface area contributed by atoms with Crippen LogP contribution in [0, 0.1) is 0 Å². The first-order chi connectivity index (χ1) is 26.8. The fraction of sp³-hybridized carbons (Fsp3) is 1.00. The van der Waals surface area contributed by atoms with Crippen LogP contribution in [-0.4, -0.2) is 127 Å². The average Bonchev–Trinajstić information content (AvgIpc) is 3.05. The molecule has 0 saturated carbocycles. The van der Waals surface area contributed by atoms with Gasteiger partial charge in [-0.05, 0) is 0 Å². The van der Waals surface area contributed by atoms with E-state index >= 15 is 26.3 Å². The van der Waals surface area contributed by atoms with Crippen molar-refractivity contribution >= 4 is 19.8 Å². The molecule has 3 atom stereocenters. The van der Waals surface area contributed by atoms with Gasteiger partial charge in [-0.1, -0.05) is 0 Å². The summed E-state index contributed by atoms with van der Waals surface area (Å²) in [5, 5.41) is 0. The molecule has 0 nitrogen and oxygen atoms in total. The zero-order chi connectivity index (χ0) is 53.3. The van der Waals surface area contributed by atoms with Gasteiger partial charge >= 0.3 is 331 Å². The van der Waals surface area contributed by atoms with Gasteiger partial charge in [-0.15, -0.1) is 0 Å². The van der Waals surface area contributed by atoms with Crippen LogP contribution in [0.3, 0.4) is 0 Å². The minimum absolute atomic E-state index is 1.77. The third kappa shape index (κ3) is 7.88. The molecule has 0 saturated heterocycles. The fourth-order valence-electron chi connectivity index (χ4n) is 4.91. The van der Waals surface area contributed by atoms with Gasteiger partial charge in [0, 0.05) is 0 Å². The van der Waals surface area contributed by atoms with Gasteiger partial charge in [-0.25, -0.2) is 0 Å². The van der Waals surface area contributed by atoms with Crippen LogP contribution in [-0.2, 0) is 0 Å². The molecule has 0 aromatic heterocycles. The van der Waals surface area contributed by atoms with Crippen molar-refractivity contribution in [3.05, 3.63) is 0 Å². The topological polar surface area (TPSA) is 0 Å². The number of hydrogen-bond acceptors (Lipinski definition) is 0. The van der Waals surface area contributed by atoms with Crippen molar-refractivity contribution in [2.45, 2.75) is 140 Å². The predicted molar refractivity (Wildman–Crippen MR) is 126 cm³/mol. The summed E-state index contributed by atoms with van der Waals surface area (Å²) in [5.41, 5.74) is 0. The van der Waals surface area contributed by atoms with E-state index < -0.39 is 160 Å². The summed E-state index contributed by atoms with van der Waals surface area (Å²) < 4.78 is 520. The monoisotopic (exact) mass is 1160 g/mol. The molecule has 0 bridgehead atoms. The Labute approximate surface area is 331 Å². The molecular formula is C24H12F39Sn. The number of alkyl halides is 39. The first kappa shape index (κ1) is 62.1. The quantitative estimate of drug-likeness (QED) is 0.0948. The van der Waals surface area contributed by atoms with E-state index in [0.29, 0.717) is 0 Å².